The highest BCUT2D eigenvalue weighted by molar-refractivity contribution is 7.88. The van der Waals surface area contributed by atoms with Crippen LogP contribution >= 0.6 is 0 Å². The van der Waals surface area contributed by atoms with Crippen LogP contribution in [0.3, 0.4) is 0 Å². The van der Waals surface area contributed by atoms with Gasteiger partial charge < -0.3 is 15.5 Å². The third-order valence-electron chi connectivity index (χ3n) is 4.09. The number of sulfonamides is 1. The topological polar surface area (TPSA) is 108 Å². The quantitative estimate of drug-likeness (QED) is 0.682. The zero-order valence-corrected chi connectivity index (χ0v) is 15.4. The van der Waals surface area contributed by atoms with E-state index in [9.17, 15) is 18.0 Å². The number of anilines is 1. The summed E-state index contributed by atoms with van der Waals surface area (Å²) in [5.41, 5.74) is 2.94. The van der Waals surface area contributed by atoms with Gasteiger partial charge in [-0.05, 0) is 43.5 Å². The van der Waals surface area contributed by atoms with Crippen LogP contribution in [0.1, 0.15) is 17.5 Å². The van der Waals surface area contributed by atoms with E-state index in [1.807, 2.05) is 32.0 Å². The van der Waals surface area contributed by atoms with Gasteiger partial charge in [-0.3, -0.25) is 4.79 Å². The minimum Gasteiger partial charge on any atom is -0.339 e. The molecule has 2 rings (SSSR count). The lowest BCUT2D eigenvalue weighted by molar-refractivity contribution is -0.129. The van der Waals surface area contributed by atoms with Crippen molar-refractivity contribution in [3.8, 4) is 0 Å². The fraction of sp³-hybridized carbons (Fsp3) is 0.500. The molecule has 1 aliphatic rings. The summed E-state index contributed by atoms with van der Waals surface area (Å²) in [6, 6.07) is 4.59. The molecule has 0 saturated carbocycles. The molecule has 9 heteroatoms. The minimum atomic E-state index is -3.42. The van der Waals surface area contributed by atoms with Gasteiger partial charge >= 0.3 is 6.03 Å². The molecule has 0 radical (unpaired) electrons. The molecule has 1 unspecified atom stereocenters. The van der Waals surface area contributed by atoms with Gasteiger partial charge in [0.15, 0.2) is 0 Å². The average Bonchev–Trinajstić information content (AvgIpc) is 2.82. The number of carbonyl (C=O) groups is 2. The Labute approximate surface area is 148 Å². The van der Waals surface area contributed by atoms with Crippen LogP contribution in [0.15, 0.2) is 18.2 Å². The van der Waals surface area contributed by atoms with Gasteiger partial charge in [-0.2, -0.15) is 0 Å². The van der Waals surface area contributed by atoms with E-state index in [1.165, 1.54) is 0 Å². The number of carbonyl (C=O) groups excluding carboxylic acids is 2. The summed E-state index contributed by atoms with van der Waals surface area (Å²) in [7, 11) is -3.42. The second-order valence-electron chi connectivity index (χ2n) is 6.24. The molecular formula is C16H24N4O4S. The summed E-state index contributed by atoms with van der Waals surface area (Å²) in [5, 5.41) is 5.43. The van der Waals surface area contributed by atoms with Crippen molar-refractivity contribution in [3.63, 3.8) is 0 Å². The Bertz CT molecular complexity index is 763. The predicted molar refractivity (Wildman–Crippen MR) is 95.9 cm³/mol. The Balaban J connectivity index is 1.76. The van der Waals surface area contributed by atoms with Gasteiger partial charge in [0.1, 0.15) is 6.04 Å². The van der Waals surface area contributed by atoms with Gasteiger partial charge in [-0.15, -0.1) is 0 Å². The molecule has 25 heavy (non-hydrogen) atoms. The number of hydrogen-bond donors (Lipinski definition) is 3. The summed E-state index contributed by atoms with van der Waals surface area (Å²) in [6.07, 6.45) is 1.46. The highest BCUT2D eigenvalue weighted by Gasteiger charge is 2.32. The summed E-state index contributed by atoms with van der Waals surface area (Å²) in [6.45, 7) is 5.05. The number of amides is 3. The van der Waals surface area contributed by atoms with Crippen molar-refractivity contribution in [3.05, 3.63) is 29.3 Å². The fourth-order valence-corrected chi connectivity index (χ4v) is 3.36. The fourth-order valence-electron chi connectivity index (χ4n) is 2.63. The Morgan fingerprint density at radius 1 is 1.28 bits per heavy atom. The lowest BCUT2D eigenvalue weighted by Gasteiger charge is -2.17. The molecule has 0 aliphatic carbocycles. The second-order valence-corrected chi connectivity index (χ2v) is 8.02. The molecule has 0 spiro atoms. The van der Waals surface area contributed by atoms with Gasteiger partial charge in [0.25, 0.3) is 0 Å². The summed E-state index contributed by atoms with van der Waals surface area (Å²) in [5.74, 6) is -0.262. The van der Waals surface area contributed by atoms with E-state index in [0.717, 1.165) is 17.4 Å². The number of nitrogens with zero attached hydrogens (tertiary/aromatic N) is 1. The Hall–Kier alpha value is -2.13. The monoisotopic (exact) mass is 368 g/mol. The number of aryl methyl sites for hydroxylation is 2. The van der Waals surface area contributed by atoms with Crippen molar-refractivity contribution in [1.29, 1.82) is 0 Å². The van der Waals surface area contributed by atoms with Crippen LogP contribution in [-0.4, -0.2) is 57.2 Å². The van der Waals surface area contributed by atoms with E-state index in [1.54, 1.807) is 4.90 Å². The number of likely N-dealkylation sites (tertiary alicyclic amines) is 1. The molecule has 1 saturated heterocycles. The van der Waals surface area contributed by atoms with E-state index in [4.69, 9.17) is 0 Å². The largest absolute Gasteiger partial charge is 0.339 e. The van der Waals surface area contributed by atoms with Crippen LogP contribution in [0.5, 0.6) is 0 Å². The summed E-state index contributed by atoms with van der Waals surface area (Å²) >= 11 is 0. The van der Waals surface area contributed by atoms with Crippen molar-refractivity contribution in [1.82, 2.24) is 14.9 Å². The highest BCUT2D eigenvalue weighted by Crippen LogP contribution is 2.14. The lowest BCUT2D eigenvalue weighted by Crippen LogP contribution is -2.43. The first-order valence-electron chi connectivity index (χ1n) is 8.04. The summed E-state index contributed by atoms with van der Waals surface area (Å²) in [4.78, 5) is 25.5. The Morgan fingerprint density at radius 2 is 2.00 bits per heavy atom. The van der Waals surface area contributed by atoms with Crippen LogP contribution in [-0.2, 0) is 14.8 Å². The summed E-state index contributed by atoms with van der Waals surface area (Å²) < 4.78 is 24.7. The average molecular weight is 368 g/mol. The molecule has 1 fully saturated rings. The first-order chi connectivity index (χ1) is 11.7. The maximum Gasteiger partial charge on any atom is 0.319 e. The maximum atomic E-state index is 12.1. The van der Waals surface area contributed by atoms with Crippen molar-refractivity contribution in [2.45, 2.75) is 26.3 Å². The van der Waals surface area contributed by atoms with E-state index in [0.29, 0.717) is 25.2 Å². The Morgan fingerprint density at radius 3 is 2.64 bits per heavy atom. The Kier molecular flexibility index (Phi) is 6.02. The zero-order valence-electron chi connectivity index (χ0n) is 14.6. The van der Waals surface area contributed by atoms with Crippen molar-refractivity contribution >= 4 is 27.6 Å². The van der Waals surface area contributed by atoms with Crippen LogP contribution in [0, 0.1) is 13.8 Å². The predicted octanol–water partition coefficient (Wildman–Crippen LogP) is 0.575. The van der Waals surface area contributed by atoms with Gasteiger partial charge in [0, 0.05) is 25.3 Å². The highest BCUT2D eigenvalue weighted by atomic mass is 32.2. The molecule has 138 valence electrons. The minimum absolute atomic E-state index is 0.262. The lowest BCUT2D eigenvalue weighted by atomic mass is 10.1. The third-order valence-corrected chi connectivity index (χ3v) is 4.80. The van der Waals surface area contributed by atoms with Crippen molar-refractivity contribution < 1.29 is 18.0 Å². The molecule has 1 atom stereocenters. The smallest absolute Gasteiger partial charge is 0.319 e. The molecule has 1 aromatic carbocycles. The van der Waals surface area contributed by atoms with Gasteiger partial charge in [-0.1, -0.05) is 6.07 Å². The first-order valence-corrected chi connectivity index (χ1v) is 9.93. The number of nitrogens with one attached hydrogen (secondary N) is 3. The van der Waals surface area contributed by atoms with E-state index in [-0.39, 0.29) is 18.5 Å². The van der Waals surface area contributed by atoms with Crippen molar-refractivity contribution in [2.24, 2.45) is 0 Å². The molecule has 0 aromatic heterocycles. The second kappa shape index (κ2) is 7.83. The standard InChI is InChI=1S/C16H24N4O4S/c1-11-4-5-13(10-12(11)2)18-16(22)17-7-9-20-8-6-14(15(20)21)19-25(3,23)24/h4-5,10,14,19H,6-9H2,1-3H3,(H2,17,18,22). The van der Waals surface area contributed by atoms with E-state index in [2.05, 4.69) is 15.4 Å². The van der Waals surface area contributed by atoms with Crippen molar-refractivity contribution in [2.75, 3.05) is 31.2 Å². The molecule has 1 aliphatic heterocycles. The molecular weight excluding hydrogens is 344 g/mol. The van der Waals surface area contributed by atoms with E-state index < -0.39 is 16.1 Å². The SMILES string of the molecule is Cc1ccc(NC(=O)NCCN2CCC(NS(C)(=O)=O)C2=O)cc1C. The first kappa shape index (κ1) is 19.2. The number of urea groups is 1. The number of hydrogen-bond acceptors (Lipinski definition) is 4. The molecule has 1 aromatic rings. The van der Waals surface area contributed by atoms with Gasteiger partial charge in [0.05, 0.1) is 6.26 Å². The molecule has 1 heterocycles. The van der Waals surface area contributed by atoms with E-state index >= 15 is 0 Å². The van der Waals surface area contributed by atoms with Crippen LogP contribution < -0.4 is 15.4 Å². The molecule has 3 amide bonds. The normalized spacial score (nSPS) is 17.6. The van der Waals surface area contributed by atoms with Crippen LogP contribution in [0.2, 0.25) is 0 Å². The third kappa shape index (κ3) is 5.71. The molecule has 0 bridgehead atoms. The molecule has 3 N–H and O–H groups in total. The number of rotatable bonds is 6. The van der Waals surface area contributed by atoms with Gasteiger partial charge in [-0.25, -0.2) is 17.9 Å². The zero-order chi connectivity index (χ0) is 18.6. The number of benzene rings is 1. The van der Waals surface area contributed by atoms with Gasteiger partial charge in [0.2, 0.25) is 15.9 Å². The molecule has 8 nitrogen and oxygen atoms in total. The van der Waals surface area contributed by atoms with Crippen LogP contribution in [0.25, 0.3) is 0 Å². The van der Waals surface area contributed by atoms with Crippen LogP contribution in [0.4, 0.5) is 10.5 Å². The maximum absolute atomic E-state index is 12.1.